The Balaban J connectivity index is 2.40. The Labute approximate surface area is 113 Å². The predicted molar refractivity (Wildman–Crippen MR) is 76.7 cm³/mol. The summed E-state index contributed by atoms with van der Waals surface area (Å²) in [5.74, 6) is -0.111. The van der Waals surface area contributed by atoms with Gasteiger partial charge in [-0.15, -0.1) is 0 Å². The van der Waals surface area contributed by atoms with Crippen LogP contribution in [0.5, 0.6) is 5.75 Å². The van der Waals surface area contributed by atoms with Gasteiger partial charge in [0.05, 0.1) is 5.56 Å². The molecule has 2 heteroatoms. The van der Waals surface area contributed by atoms with E-state index in [1.165, 1.54) is 0 Å². The van der Waals surface area contributed by atoms with Crippen LogP contribution in [0.1, 0.15) is 42.3 Å². The summed E-state index contributed by atoms with van der Waals surface area (Å²) in [6.07, 6.45) is 0. The number of ketones is 1. The first-order valence-corrected chi connectivity index (χ1v) is 6.33. The van der Waals surface area contributed by atoms with Crippen LogP contribution in [0.25, 0.3) is 0 Å². The van der Waals surface area contributed by atoms with Crippen LogP contribution in [-0.2, 0) is 5.41 Å². The van der Waals surface area contributed by atoms with Crippen molar-refractivity contribution in [3.05, 3.63) is 65.2 Å². The summed E-state index contributed by atoms with van der Waals surface area (Å²) in [5.41, 5.74) is 1.89. The zero-order chi connectivity index (χ0) is 14.0. The molecule has 0 aromatic heterocycles. The zero-order valence-corrected chi connectivity index (χ0v) is 11.5. The van der Waals surface area contributed by atoms with Crippen LogP contribution in [0.3, 0.4) is 0 Å². The third kappa shape index (κ3) is 2.84. The molecule has 19 heavy (non-hydrogen) atoms. The van der Waals surface area contributed by atoms with Crippen LogP contribution >= 0.6 is 0 Å². The number of phenols is 1. The summed E-state index contributed by atoms with van der Waals surface area (Å²) in [6.45, 7) is 6.21. The molecule has 2 aromatic carbocycles. The highest BCUT2D eigenvalue weighted by Crippen LogP contribution is 2.29. The molecule has 0 saturated heterocycles. The fraction of sp³-hybridized carbons (Fsp3) is 0.235. The van der Waals surface area contributed by atoms with E-state index in [1.807, 2.05) is 24.3 Å². The predicted octanol–water partition coefficient (Wildman–Crippen LogP) is 3.92. The van der Waals surface area contributed by atoms with Crippen molar-refractivity contribution in [3.63, 3.8) is 0 Å². The first-order chi connectivity index (χ1) is 8.89. The van der Waals surface area contributed by atoms with E-state index < -0.39 is 0 Å². The molecule has 0 unspecified atom stereocenters. The van der Waals surface area contributed by atoms with Crippen LogP contribution in [0.4, 0.5) is 0 Å². The summed E-state index contributed by atoms with van der Waals surface area (Å²) >= 11 is 0. The standard InChI is InChI=1S/C17H18O2/c1-17(2,3)13-9-10-14(15(18)11-13)16(19)12-7-5-4-6-8-12/h4-11,18H,1-3H3. The molecule has 0 saturated carbocycles. The van der Waals surface area contributed by atoms with Gasteiger partial charge < -0.3 is 5.11 Å². The van der Waals surface area contributed by atoms with Crippen molar-refractivity contribution in [1.29, 1.82) is 0 Å². The Kier molecular flexibility index (Phi) is 3.43. The molecule has 0 heterocycles. The van der Waals surface area contributed by atoms with E-state index in [9.17, 15) is 9.90 Å². The number of hydrogen-bond acceptors (Lipinski definition) is 2. The SMILES string of the molecule is CC(C)(C)c1ccc(C(=O)c2ccccc2)c(O)c1. The van der Waals surface area contributed by atoms with E-state index in [2.05, 4.69) is 20.8 Å². The maximum absolute atomic E-state index is 12.3. The molecule has 2 nitrogen and oxygen atoms in total. The molecule has 0 atom stereocenters. The molecule has 0 aliphatic heterocycles. The van der Waals surface area contributed by atoms with E-state index in [1.54, 1.807) is 24.3 Å². The van der Waals surface area contributed by atoms with Crippen molar-refractivity contribution in [1.82, 2.24) is 0 Å². The number of phenolic OH excluding ortho intramolecular Hbond substituents is 1. The Morgan fingerprint density at radius 3 is 2.16 bits per heavy atom. The number of hydrogen-bond donors (Lipinski definition) is 1. The average Bonchev–Trinajstić information content (AvgIpc) is 2.38. The smallest absolute Gasteiger partial charge is 0.196 e. The lowest BCUT2D eigenvalue weighted by atomic mass is 9.86. The first-order valence-electron chi connectivity index (χ1n) is 6.33. The Morgan fingerprint density at radius 1 is 1.00 bits per heavy atom. The van der Waals surface area contributed by atoms with Gasteiger partial charge in [0, 0.05) is 5.56 Å². The van der Waals surface area contributed by atoms with E-state index >= 15 is 0 Å². The molecule has 0 aliphatic carbocycles. The molecule has 98 valence electrons. The quantitative estimate of drug-likeness (QED) is 0.825. The van der Waals surface area contributed by atoms with Crippen LogP contribution in [0.15, 0.2) is 48.5 Å². The van der Waals surface area contributed by atoms with Gasteiger partial charge in [-0.05, 0) is 23.1 Å². The van der Waals surface area contributed by atoms with Crippen molar-refractivity contribution in [2.75, 3.05) is 0 Å². The van der Waals surface area contributed by atoms with Gasteiger partial charge in [-0.3, -0.25) is 4.79 Å². The highest BCUT2D eigenvalue weighted by atomic mass is 16.3. The molecule has 0 amide bonds. The normalized spacial score (nSPS) is 11.3. The molecule has 0 radical (unpaired) electrons. The second-order valence-electron chi connectivity index (χ2n) is 5.68. The lowest BCUT2D eigenvalue weighted by Crippen LogP contribution is -2.11. The minimum Gasteiger partial charge on any atom is -0.507 e. The molecule has 2 rings (SSSR count). The molecule has 1 N–H and O–H groups in total. The fourth-order valence-electron chi connectivity index (χ4n) is 1.94. The monoisotopic (exact) mass is 254 g/mol. The lowest BCUT2D eigenvalue weighted by Gasteiger charge is -2.19. The zero-order valence-electron chi connectivity index (χ0n) is 11.5. The van der Waals surface area contributed by atoms with Gasteiger partial charge in [-0.25, -0.2) is 0 Å². The molecule has 0 fully saturated rings. The molecular formula is C17H18O2. The van der Waals surface area contributed by atoms with Crippen LogP contribution in [0, 0.1) is 0 Å². The number of aromatic hydroxyl groups is 1. The second kappa shape index (κ2) is 4.88. The molecule has 2 aromatic rings. The van der Waals surface area contributed by atoms with Gasteiger partial charge in [0.1, 0.15) is 5.75 Å². The average molecular weight is 254 g/mol. The van der Waals surface area contributed by atoms with Crippen molar-refractivity contribution < 1.29 is 9.90 Å². The number of carbonyl (C=O) groups excluding carboxylic acids is 1. The maximum atomic E-state index is 12.3. The summed E-state index contributed by atoms with van der Waals surface area (Å²) in [7, 11) is 0. The number of carbonyl (C=O) groups is 1. The van der Waals surface area contributed by atoms with Crippen LogP contribution in [-0.4, -0.2) is 10.9 Å². The van der Waals surface area contributed by atoms with Crippen LogP contribution in [0.2, 0.25) is 0 Å². The number of benzene rings is 2. The third-order valence-corrected chi connectivity index (χ3v) is 3.14. The van der Waals surface area contributed by atoms with Gasteiger partial charge in [-0.2, -0.15) is 0 Å². The summed E-state index contributed by atoms with van der Waals surface area (Å²) in [5, 5.41) is 10.1. The molecule has 0 aliphatic rings. The van der Waals surface area contributed by atoms with Crippen LogP contribution < -0.4 is 0 Å². The van der Waals surface area contributed by atoms with Gasteiger partial charge in [0.2, 0.25) is 0 Å². The molecule has 0 bridgehead atoms. The summed E-state index contributed by atoms with van der Waals surface area (Å²) in [4.78, 5) is 12.3. The molecular weight excluding hydrogens is 236 g/mol. The van der Waals surface area contributed by atoms with Gasteiger partial charge >= 0.3 is 0 Å². The van der Waals surface area contributed by atoms with E-state index in [4.69, 9.17) is 0 Å². The second-order valence-corrected chi connectivity index (χ2v) is 5.68. The van der Waals surface area contributed by atoms with Crippen molar-refractivity contribution in [3.8, 4) is 5.75 Å². The Morgan fingerprint density at radius 2 is 1.63 bits per heavy atom. The van der Waals surface area contributed by atoms with E-state index in [-0.39, 0.29) is 16.9 Å². The Hall–Kier alpha value is -2.09. The highest BCUT2D eigenvalue weighted by Gasteiger charge is 2.18. The fourth-order valence-corrected chi connectivity index (χ4v) is 1.94. The minimum absolute atomic E-state index is 0.0429. The largest absolute Gasteiger partial charge is 0.507 e. The van der Waals surface area contributed by atoms with Gasteiger partial charge in [-0.1, -0.05) is 57.2 Å². The maximum Gasteiger partial charge on any atom is 0.196 e. The minimum atomic E-state index is -0.154. The Bertz CT molecular complexity index is 592. The summed E-state index contributed by atoms with van der Waals surface area (Å²) < 4.78 is 0. The van der Waals surface area contributed by atoms with E-state index in [0.29, 0.717) is 11.1 Å². The van der Waals surface area contributed by atoms with E-state index in [0.717, 1.165) is 5.56 Å². The van der Waals surface area contributed by atoms with Crippen molar-refractivity contribution >= 4 is 5.78 Å². The van der Waals surface area contributed by atoms with Crippen molar-refractivity contribution in [2.45, 2.75) is 26.2 Å². The third-order valence-electron chi connectivity index (χ3n) is 3.14. The van der Waals surface area contributed by atoms with Gasteiger partial charge in [0.15, 0.2) is 5.78 Å². The lowest BCUT2D eigenvalue weighted by molar-refractivity contribution is 0.103. The van der Waals surface area contributed by atoms with Gasteiger partial charge in [0.25, 0.3) is 0 Å². The first kappa shape index (κ1) is 13.3. The topological polar surface area (TPSA) is 37.3 Å². The number of rotatable bonds is 2. The highest BCUT2D eigenvalue weighted by molar-refractivity contribution is 6.10. The summed E-state index contributed by atoms with van der Waals surface area (Å²) in [6, 6.07) is 14.3. The van der Waals surface area contributed by atoms with Crippen molar-refractivity contribution in [2.24, 2.45) is 0 Å². The molecule has 0 spiro atoms.